The number of hydrogen-bond acceptors (Lipinski definition) is 1. The highest BCUT2D eigenvalue weighted by Gasteiger charge is 2.31. The van der Waals surface area contributed by atoms with Crippen LogP contribution in [0.3, 0.4) is 0 Å². The van der Waals surface area contributed by atoms with Gasteiger partial charge >= 0.3 is 0 Å². The minimum Gasteiger partial charge on any atom is -0.373 e. The molecule has 2 unspecified atom stereocenters. The van der Waals surface area contributed by atoms with Crippen molar-refractivity contribution in [1.29, 1.82) is 0 Å². The molecule has 0 saturated carbocycles. The maximum Gasteiger partial charge on any atom is 0.0883 e. The van der Waals surface area contributed by atoms with Gasteiger partial charge in [0.25, 0.3) is 0 Å². The second kappa shape index (κ2) is 3.11. The molecule has 2 nitrogen and oxygen atoms in total. The Bertz CT molecular complexity index is 130. The molecule has 1 fully saturated rings. The molecule has 0 N–H and O–H groups in total. The Labute approximate surface area is 69.7 Å². The summed E-state index contributed by atoms with van der Waals surface area (Å²) < 4.78 is 6.32. The lowest BCUT2D eigenvalue weighted by molar-refractivity contribution is -0.911. The Hall–Kier alpha value is -0.0800. The van der Waals surface area contributed by atoms with Gasteiger partial charge in [-0.2, -0.15) is 0 Å². The van der Waals surface area contributed by atoms with E-state index < -0.39 is 0 Å². The van der Waals surface area contributed by atoms with E-state index in [1.165, 1.54) is 13.0 Å². The standard InChI is InChI=1S/C9H20NO/c1-5-10(3,4)8(2)6-9-7-11-9/h8-9H,5-7H2,1-4H3/q+1. The van der Waals surface area contributed by atoms with Crippen LogP contribution in [0.1, 0.15) is 20.3 Å². The van der Waals surface area contributed by atoms with Crippen LogP contribution >= 0.6 is 0 Å². The molecule has 0 aromatic rings. The summed E-state index contributed by atoms with van der Waals surface area (Å²) in [5, 5.41) is 0. The first kappa shape index (κ1) is 9.01. The summed E-state index contributed by atoms with van der Waals surface area (Å²) in [6, 6.07) is 0.729. The largest absolute Gasteiger partial charge is 0.373 e. The molecule has 1 aliphatic heterocycles. The molecule has 0 spiro atoms. The van der Waals surface area contributed by atoms with E-state index in [1.54, 1.807) is 0 Å². The van der Waals surface area contributed by atoms with Crippen molar-refractivity contribution in [2.75, 3.05) is 27.2 Å². The molecule has 0 amide bonds. The van der Waals surface area contributed by atoms with Gasteiger partial charge in [0, 0.05) is 6.42 Å². The zero-order valence-corrected chi connectivity index (χ0v) is 8.13. The Morgan fingerprint density at radius 2 is 2.09 bits per heavy atom. The Morgan fingerprint density at radius 3 is 2.45 bits per heavy atom. The van der Waals surface area contributed by atoms with Crippen LogP contribution in [-0.4, -0.2) is 43.9 Å². The van der Waals surface area contributed by atoms with Gasteiger partial charge in [0.1, 0.15) is 0 Å². The average Bonchev–Trinajstić information content (AvgIpc) is 2.72. The van der Waals surface area contributed by atoms with Crippen LogP contribution in [0.25, 0.3) is 0 Å². The minimum atomic E-state index is 0.578. The number of ether oxygens (including phenoxy) is 1. The smallest absolute Gasteiger partial charge is 0.0883 e. The highest BCUT2D eigenvalue weighted by molar-refractivity contribution is 4.72. The zero-order chi connectivity index (χ0) is 8.48. The van der Waals surface area contributed by atoms with Gasteiger partial charge in [-0.05, 0) is 13.8 Å². The van der Waals surface area contributed by atoms with Crippen LogP contribution < -0.4 is 0 Å². The van der Waals surface area contributed by atoms with E-state index in [2.05, 4.69) is 27.9 Å². The van der Waals surface area contributed by atoms with Crippen LogP contribution in [0.15, 0.2) is 0 Å². The summed E-state index contributed by atoms with van der Waals surface area (Å²) in [7, 11) is 4.57. The van der Waals surface area contributed by atoms with Gasteiger partial charge < -0.3 is 9.22 Å². The predicted molar refractivity (Wildman–Crippen MR) is 46.5 cm³/mol. The lowest BCUT2D eigenvalue weighted by Crippen LogP contribution is -2.47. The van der Waals surface area contributed by atoms with Crippen molar-refractivity contribution in [2.24, 2.45) is 0 Å². The summed E-state index contributed by atoms with van der Waals surface area (Å²) in [6.07, 6.45) is 1.80. The van der Waals surface area contributed by atoms with Gasteiger partial charge in [-0.1, -0.05) is 0 Å². The molecule has 2 atom stereocenters. The molecule has 0 radical (unpaired) electrons. The van der Waals surface area contributed by atoms with Crippen molar-refractivity contribution in [3.63, 3.8) is 0 Å². The fraction of sp³-hybridized carbons (Fsp3) is 1.00. The van der Waals surface area contributed by atoms with Crippen molar-refractivity contribution >= 4 is 0 Å². The van der Waals surface area contributed by atoms with E-state index in [4.69, 9.17) is 4.74 Å². The third kappa shape index (κ3) is 2.46. The zero-order valence-electron chi connectivity index (χ0n) is 8.13. The van der Waals surface area contributed by atoms with Crippen LogP contribution in [0.2, 0.25) is 0 Å². The Kier molecular flexibility index (Phi) is 2.55. The monoisotopic (exact) mass is 158 g/mol. The highest BCUT2D eigenvalue weighted by atomic mass is 16.6. The molecule has 11 heavy (non-hydrogen) atoms. The fourth-order valence-electron chi connectivity index (χ4n) is 1.18. The van der Waals surface area contributed by atoms with Crippen LogP contribution in [0.4, 0.5) is 0 Å². The topological polar surface area (TPSA) is 12.5 Å². The first-order valence-corrected chi connectivity index (χ1v) is 4.50. The SMILES string of the molecule is CC[N+](C)(C)C(C)CC1CO1. The lowest BCUT2D eigenvalue weighted by atomic mass is 10.1. The summed E-state index contributed by atoms with van der Waals surface area (Å²) in [6.45, 7) is 6.75. The molecule has 1 rings (SSSR count). The number of quaternary nitrogens is 1. The third-order valence-electron chi connectivity index (χ3n) is 3.01. The predicted octanol–water partition coefficient (Wildman–Crippen LogP) is 1.26. The minimum absolute atomic E-state index is 0.578. The molecule has 66 valence electrons. The van der Waals surface area contributed by atoms with Gasteiger partial charge in [-0.15, -0.1) is 0 Å². The van der Waals surface area contributed by atoms with Gasteiger partial charge in [0.15, 0.2) is 0 Å². The van der Waals surface area contributed by atoms with E-state index >= 15 is 0 Å². The lowest BCUT2D eigenvalue weighted by Gasteiger charge is -2.34. The van der Waals surface area contributed by atoms with Crippen molar-refractivity contribution in [3.05, 3.63) is 0 Å². The molecular weight excluding hydrogens is 138 g/mol. The number of hydrogen-bond donors (Lipinski definition) is 0. The van der Waals surface area contributed by atoms with E-state index in [1.807, 2.05) is 0 Å². The molecule has 1 heterocycles. The van der Waals surface area contributed by atoms with Gasteiger partial charge in [0.2, 0.25) is 0 Å². The average molecular weight is 158 g/mol. The number of epoxide rings is 1. The van der Waals surface area contributed by atoms with E-state index in [0.29, 0.717) is 6.10 Å². The molecule has 0 aromatic heterocycles. The summed E-state index contributed by atoms with van der Waals surface area (Å²) in [5.74, 6) is 0. The molecule has 0 aromatic carbocycles. The normalized spacial score (nSPS) is 26.7. The molecule has 1 aliphatic rings. The van der Waals surface area contributed by atoms with Crippen LogP contribution in [0, 0.1) is 0 Å². The maximum atomic E-state index is 5.21. The van der Waals surface area contributed by atoms with Gasteiger partial charge in [-0.25, -0.2) is 0 Å². The Morgan fingerprint density at radius 1 is 1.55 bits per heavy atom. The first-order chi connectivity index (χ1) is 5.06. The van der Waals surface area contributed by atoms with E-state index in [9.17, 15) is 0 Å². The Balaban J connectivity index is 2.31. The second-order valence-electron chi connectivity index (χ2n) is 4.13. The van der Waals surface area contributed by atoms with Crippen LogP contribution in [-0.2, 0) is 4.74 Å². The summed E-state index contributed by atoms with van der Waals surface area (Å²) in [5.41, 5.74) is 0. The van der Waals surface area contributed by atoms with Gasteiger partial charge in [-0.3, -0.25) is 0 Å². The van der Waals surface area contributed by atoms with E-state index in [-0.39, 0.29) is 0 Å². The van der Waals surface area contributed by atoms with Crippen molar-refractivity contribution < 1.29 is 9.22 Å². The highest BCUT2D eigenvalue weighted by Crippen LogP contribution is 2.20. The summed E-state index contributed by atoms with van der Waals surface area (Å²) >= 11 is 0. The fourth-order valence-corrected chi connectivity index (χ4v) is 1.18. The number of nitrogens with zero attached hydrogens (tertiary/aromatic N) is 1. The van der Waals surface area contributed by atoms with E-state index in [0.717, 1.165) is 17.1 Å². The first-order valence-electron chi connectivity index (χ1n) is 4.50. The van der Waals surface area contributed by atoms with Gasteiger partial charge in [0.05, 0.1) is 39.4 Å². The third-order valence-corrected chi connectivity index (χ3v) is 3.01. The molecule has 1 saturated heterocycles. The molecule has 0 aliphatic carbocycles. The molecule has 0 bridgehead atoms. The quantitative estimate of drug-likeness (QED) is 0.443. The second-order valence-corrected chi connectivity index (χ2v) is 4.13. The number of rotatable bonds is 4. The van der Waals surface area contributed by atoms with Crippen molar-refractivity contribution in [1.82, 2.24) is 0 Å². The molecule has 2 heteroatoms. The summed E-state index contributed by atoms with van der Waals surface area (Å²) in [4.78, 5) is 0. The van der Waals surface area contributed by atoms with Crippen molar-refractivity contribution in [3.8, 4) is 0 Å². The van der Waals surface area contributed by atoms with Crippen molar-refractivity contribution in [2.45, 2.75) is 32.4 Å². The molecular formula is C9H20NO+. The maximum absolute atomic E-state index is 5.21. The van der Waals surface area contributed by atoms with Crippen LogP contribution in [0.5, 0.6) is 0 Å².